The third-order valence-corrected chi connectivity index (χ3v) is 4.08. The van der Waals surface area contributed by atoms with E-state index in [0.717, 1.165) is 24.6 Å². The van der Waals surface area contributed by atoms with E-state index in [-0.39, 0.29) is 18.3 Å². The van der Waals surface area contributed by atoms with Crippen molar-refractivity contribution in [2.24, 2.45) is 0 Å². The van der Waals surface area contributed by atoms with Gasteiger partial charge in [0, 0.05) is 12.7 Å². The molecule has 0 spiro atoms. The Bertz CT molecular complexity index is 430. The molecule has 0 aromatic carbocycles. The zero-order valence-corrected chi connectivity index (χ0v) is 11.4. The zero-order chi connectivity index (χ0) is 13.0. The normalized spacial score (nSPS) is 25.2. The Kier molecular flexibility index (Phi) is 2.59. The molecule has 0 N–H and O–H groups in total. The molecule has 0 radical (unpaired) electrons. The maximum atomic E-state index is 5.99. The van der Waals surface area contributed by atoms with Crippen molar-refractivity contribution in [3.63, 3.8) is 0 Å². The largest absolute Gasteiger partial charge is 0.516 e. The lowest BCUT2D eigenvalue weighted by molar-refractivity contribution is 0.00578. The van der Waals surface area contributed by atoms with Crippen LogP contribution in [0.25, 0.3) is 0 Å². The van der Waals surface area contributed by atoms with Crippen LogP contribution in [0.15, 0.2) is 6.20 Å². The van der Waals surface area contributed by atoms with Gasteiger partial charge in [0.1, 0.15) is 12.4 Å². The molecule has 18 heavy (non-hydrogen) atoms. The first-order chi connectivity index (χ1) is 8.39. The molecule has 0 atom stereocenters. The van der Waals surface area contributed by atoms with Crippen molar-refractivity contribution in [2.45, 2.75) is 52.0 Å². The molecule has 5 nitrogen and oxygen atoms in total. The minimum absolute atomic E-state index is 0.321. The highest BCUT2D eigenvalue weighted by atomic mass is 16.7. The minimum Gasteiger partial charge on any atom is -0.398 e. The van der Waals surface area contributed by atoms with Gasteiger partial charge in [-0.1, -0.05) is 0 Å². The van der Waals surface area contributed by atoms with Gasteiger partial charge in [-0.15, -0.1) is 0 Å². The summed E-state index contributed by atoms with van der Waals surface area (Å²) in [5.41, 5.74) is 0.200. The van der Waals surface area contributed by atoms with Crippen LogP contribution in [0, 0.1) is 0 Å². The van der Waals surface area contributed by atoms with Crippen molar-refractivity contribution >= 4 is 12.7 Å². The van der Waals surface area contributed by atoms with Gasteiger partial charge >= 0.3 is 7.12 Å². The molecule has 3 heterocycles. The summed E-state index contributed by atoms with van der Waals surface area (Å²) in [5, 5.41) is 0. The Morgan fingerprint density at radius 3 is 2.50 bits per heavy atom. The molecular formula is C12H19BN2O3. The first-order valence-corrected chi connectivity index (χ1v) is 6.38. The molecule has 0 amide bonds. The second kappa shape index (κ2) is 3.82. The lowest BCUT2D eigenvalue weighted by Crippen LogP contribution is -2.41. The van der Waals surface area contributed by atoms with Crippen molar-refractivity contribution < 1.29 is 14.0 Å². The van der Waals surface area contributed by atoms with Gasteiger partial charge in [0.25, 0.3) is 0 Å². The predicted molar refractivity (Wildman–Crippen MR) is 67.6 cm³/mol. The van der Waals surface area contributed by atoms with Crippen LogP contribution >= 0.6 is 0 Å². The molecule has 1 aromatic rings. The summed E-state index contributed by atoms with van der Waals surface area (Å²) >= 11 is 0. The van der Waals surface area contributed by atoms with E-state index < -0.39 is 0 Å². The Labute approximate surface area is 108 Å². The molecule has 2 aliphatic heterocycles. The summed E-state index contributed by atoms with van der Waals surface area (Å²) in [6.45, 7) is 10.4. The van der Waals surface area contributed by atoms with E-state index in [2.05, 4.69) is 9.55 Å². The highest BCUT2D eigenvalue weighted by Crippen LogP contribution is 2.36. The van der Waals surface area contributed by atoms with Gasteiger partial charge in [-0.25, -0.2) is 4.98 Å². The maximum Gasteiger partial charge on any atom is 0.516 e. The number of rotatable bonds is 1. The summed E-state index contributed by atoms with van der Waals surface area (Å²) in [7, 11) is -0.381. The van der Waals surface area contributed by atoms with Crippen LogP contribution in [-0.2, 0) is 27.2 Å². The van der Waals surface area contributed by atoms with E-state index in [1.165, 1.54) is 0 Å². The number of hydrogen-bond acceptors (Lipinski definition) is 4. The third-order valence-electron chi connectivity index (χ3n) is 4.08. The van der Waals surface area contributed by atoms with Crippen molar-refractivity contribution in [2.75, 3.05) is 6.61 Å². The molecule has 0 bridgehead atoms. The molecule has 6 heteroatoms. The van der Waals surface area contributed by atoms with Crippen LogP contribution in [0.3, 0.4) is 0 Å². The minimum atomic E-state index is -0.381. The van der Waals surface area contributed by atoms with E-state index in [9.17, 15) is 0 Å². The fourth-order valence-electron chi connectivity index (χ4n) is 2.19. The Morgan fingerprint density at radius 1 is 1.22 bits per heavy atom. The van der Waals surface area contributed by atoms with Crippen molar-refractivity contribution in [1.82, 2.24) is 9.55 Å². The van der Waals surface area contributed by atoms with E-state index in [0.29, 0.717) is 6.61 Å². The van der Waals surface area contributed by atoms with Crippen LogP contribution in [0.2, 0.25) is 0 Å². The van der Waals surface area contributed by atoms with Gasteiger partial charge in [0.05, 0.1) is 23.4 Å². The van der Waals surface area contributed by atoms with Gasteiger partial charge in [-0.2, -0.15) is 0 Å². The summed E-state index contributed by atoms with van der Waals surface area (Å²) in [4.78, 5) is 4.55. The summed E-state index contributed by atoms with van der Waals surface area (Å²) in [6, 6.07) is 0. The topological polar surface area (TPSA) is 45.5 Å². The zero-order valence-electron chi connectivity index (χ0n) is 11.4. The molecule has 98 valence electrons. The van der Waals surface area contributed by atoms with Crippen LogP contribution in [-0.4, -0.2) is 34.5 Å². The van der Waals surface area contributed by atoms with Crippen molar-refractivity contribution in [3.05, 3.63) is 12.0 Å². The van der Waals surface area contributed by atoms with E-state index in [1.807, 2.05) is 33.9 Å². The molecule has 0 aliphatic carbocycles. The second-order valence-corrected chi connectivity index (χ2v) is 5.92. The Balaban J connectivity index is 1.87. The number of fused-ring (bicyclic) bond motifs is 1. The summed E-state index contributed by atoms with van der Waals surface area (Å²) in [6.07, 6.45) is 2.01. The molecule has 2 aliphatic rings. The SMILES string of the molecule is CC1(C)OB(c2cn3c(n2)COCC3)OC1(C)C. The average molecular weight is 250 g/mol. The fraction of sp³-hybridized carbons (Fsp3) is 0.750. The number of aromatic nitrogens is 2. The molecule has 1 aromatic heterocycles. The third kappa shape index (κ3) is 1.79. The van der Waals surface area contributed by atoms with Gasteiger partial charge < -0.3 is 18.6 Å². The highest BCUT2D eigenvalue weighted by Gasteiger charge is 2.52. The summed E-state index contributed by atoms with van der Waals surface area (Å²) in [5.74, 6) is 0.950. The van der Waals surface area contributed by atoms with Crippen LogP contribution in [0.1, 0.15) is 33.5 Å². The molecular weight excluding hydrogens is 231 g/mol. The molecule has 1 saturated heterocycles. The van der Waals surface area contributed by atoms with Gasteiger partial charge in [-0.3, -0.25) is 0 Å². The Hall–Kier alpha value is -0.845. The van der Waals surface area contributed by atoms with Gasteiger partial charge in [0.2, 0.25) is 0 Å². The first kappa shape index (κ1) is 12.2. The van der Waals surface area contributed by atoms with Gasteiger partial charge in [-0.05, 0) is 27.7 Å². The monoisotopic (exact) mass is 250 g/mol. The molecule has 1 fully saturated rings. The quantitative estimate of drug-likeness (QED) is 0.689. The first-order valence-electron chi connectivity index (χ1n) is 6.38. The van der Waals surface area contributed by atoms with Crippen LogP contribution in [0.4, 0.5) is 0 Å². The van der Waals surface area contributed by atoms with E-state index >= 15 is 0 Å². The van der Waals surface area contributed by atoms with Crippen molar-refractivity contribution in [1.29, 1.82) is 0 Å². The lowest BCUT2D eigenvalue weighted by atomic mass is 9.86. The molecule has 0 unspecified atom stereocenters. The van der Waals surface area contributed by atoms with Crippen molar-refractivity contribution in [3.8, 4) is 0 Å². The average Bonchev–Trinajstić information content (AvgIpc) is 2.78. The predicted octanol–water partition coefficient (Wildman–Crippen LogP) is 0.712. The maximum absolute atomic E-state index is 5.99. The van der Waals surface area contributed by atoms with Gasteiger partial charge in [0.15, 0.2) is 0 Å². The van der Waals surface area contributed by atoms with E-state index in [4.69, 9.17) is 14.0 Å². The molecule has 0 saturated carbocycles. The lowest BCUT2D eigenvalue weighted by Gasteiger charge is -2.32. The number of hydrogen-bond donors (Lipinski definition) is 0. The highest BCUT2D eigenvalue weighted by molar-refractivity contribution is 6.61. The molecule has 3 rings (SSSR count). The smallest absolute Gasteiger partial charge is 0.398 e. The summed E-state index contributed by atoms with van der Waals surface area (Å²) < 4.78 is 19.5. The van der Waals surface area contributed by atoms with E-state index in [1.54, 1.807) is 0 Å². The number of imidazole rings is 1. The van der Waals surface area contributed by atoms with Crippen LogP contribution in [0.5, 0.6) is 0 Å². The Morgan fingerprint density at radius 2 is 1.89 bits per heavy atom. The standard InChI is InChI=1S/C12H19BN2O3/c1-11(2)12(3,4)18-13(17-11)9-7-15-5-6-16-8-10(15)14-9/h7H,5-6,8H2,1-4H3. The number of nitrogens with zero attached hydrogens (tertiary/aromatic N) is 2. The second-order valence-electron chi connectivity index (χ2n) is 5.92. The number of ether oxygens (including phenoxy) is 1. The van der Waals surface area contributed by atoms with Crippen LogP contribution < -0.4 is 5.59 Å². The fourth-order valence-corrected chi connectivity index (χ4v) is 2.19.